The number of para-hydroxylation sites is 1. The monoisotopic (exact) mass is 260 g/mol. The highest BCUT2D eigenvalue weighted by molar-refractivity contribution is 6.06. The third kappa shape index (κ3) is 2.19. The van der Waals surface area contributed by atoms with Crippen molar-refractivity contribution in [1.29, 1.82) is 0 Å². The van der Waals surface area contributed by atoms with Crippen LogP contribution in [-0.4, -0.2) is 39.3 Å². The van der Waals surface area contributed by atoms with Crippen LogP contribution in [0.3, 0.4) is 0 Å². The lowest BCUT2D eigenvalue weighted by Crippen LogP contribution is -2.22. The average Bonchev–Trinajstić information content (AvgIpc) is 2.83. The number of aromatic nitrogens is 4. The fourth-order valence-electron chi connectivity index (χ4n) is 1.85. The summed E-state index contributed by atoms with van der Waals surface area (Å²) in [5.74, 6) is 0.387. The summed E-state index contributed by atoms with van der Waals surface area (Å²) in [5, 5.41) is 17.0. The van der Waals surface area contributed by atoms with Gasteiger partial charge in [-0.15, -0.1) is 5.10 Å². The van der Waals surface area contributed by atoms with Crippen LogP contribution in [0.15, 0.2) is 18.2 Å². The van der Waals surface area contributed by atoms with Crippen LogP contribution in [0.5, 0.6) is 5.75 Å². The van der Waals surface area contributed by atoms with E-state index in [-0.39, 0.29) is 11.9 Å². The zero-order valence-corrected chi connectivity index (χ0v) is 10.3. The molecule has 0 spiro atoms. The highest BCUT2D eigenvalue weighted by Gasteiger charge is 2.19. The van der Waals surface area contributed by atoms with Gasteiger partial charge >= 0.3 is 0 Å². The fraction of sp³-hybridized carbons (Fsp3) is 0.273. The van der Waals surface area contributed by atoms with Gasteiger partial charge in [0.05, 0.1) is 18.3 Å². The van der Waals surface area contributed by atoms with E-state index < -0.39 is 0 Å². The number of hydrogen-bond donors (Lipinski definition) is 2. The van der Waals surface area contributed by atoms with Crippen LogP contribution in [0, 0.1) is 0 Å². The van der Waals surface area contributed by atoms with Gasteiger partial charge in [0.25, 0.3) is 11.9 Å². The smallest absolute Gasteiger partial charge is 0.270 e. The second-order valence-electron chi connectivity index (χ2n) is 4.01. The highest BCUT2D eigenvalue weighted by atomic mass is 16.5. The van der Waals surface area contributed by atoms with Gasteiger partial charge < -0.3 is 10.1 Å². The Morgan fingerprint density at radius 3 is 3.21 bits per heavy atom. The quantitative estimate of drug-likeness (QED) is 0.804. The SMILES string of the molecule is Cn1nnc(NC(=O)c2cccc3c2OCCN3)n1. The Hall–Kier alpha value is -2.64. The van der Waals surface area contributed by atoms with Crippen molar-refractivity contribution < 1.29 is 9.53 Å². The van der Waals surface area contributed by atoms with Crippen LogP contribution in [-0.2, 0) is 7.05 Å². The molecule has 19 heavy (non-hydrogen) atoms. The van der Waals surface area contributed by atoms with Gasteiger partial charge in [-0.05, 0) is 17.3 Å². The molecule has 1 aromatic carbocycles. The number of rotatable bonds is 2. The largest absolute Gasteiger partial charge is 0.489 e. The predicted octanol–water partition coefficient (Wildman–Crippen LogP) is 0.267. The van der Waals surface area contributed by atoms with Crippen LogP contribution in [0.25, 0.3) is 0 Å². The van der Waals surface area contributed by atoms with Crippen molar-refractivity contribution in [3.8, 4) is 5.75 Å². The number of ether oxygens (including phenoxy) is 1. The van der Waals surface area contributed by atoms with Crippen LogP contribution >= 0.6 is 0 Å². The standard InChI is InChI=1S/C11H12N6O2/c1-17-15-11(14-16-17)13-10(18)7-3-2-4-8-9(7)19-6-5-12-8/h2-4,12H,5-6H2,1H3,(H,13,15,18). The number of nitrogens with zero attached hydrogens (tertiary/aromatic N) is 4. The van der Waals surface area contributed by atoms with E-state index in [0.29, 0.717) is 17.9 Å². The van der Waals surface area contributed by atoms with Gasteiger partial charge in [0.1, 0.15) is 6.61 Å². The van der Waals surface area contributed by atoms with Crippen molar-refractivity contribution in [1.82, 2.24) is 20.2 Å². The average molecular weight is 260 g/mol. The van der Waals surface area contributed by atoms with Gasteiger partial charge in [-0.25, -0.2) is 0 Å². The first kappa shape index (κ1) is 11.5. The molecular weight excluding hydrogens is 248 g/mol. The minimum absolute atomic E-state index is 0.161. The van der Waals surface area contributed by atoms with E-state index in [1.807, 2.05) is 6.07 Å². The molecule has 0 bridgehead atoms. The van der Waals surface area contributed by atoms with E-state index in [1.165, 1.54) is 4.80 Å². The molecular formula is C11H12N6O2. The Morgan fingerprint density at radius 1 is 1.53 bits per heavy atom. The Kier molecular flexibility index (Phi) is 2.75. The van der Waals surface area contributed by atoms with Gasteiger partial charge in [-0.3, -0.25) is 10.1 Å². The number of amides is 1. The second kappa shape index (κ2) is 4.56. The molecule has 2 N–H and O–H groups in total. The van der Waals surface area contributed by atoms with E-state index in [9.17, 15) is 4.79 Å². The van der Waals surface area contributed by atoms with Crippen molar-refractivity contribution in [2.24, 2.45) is 7.05 Å². The first-order valence-corrected chi connectivity index (χ1v) is 5.79. The van der Waals surface area contributed by atoms with Crippen LogP contribution in [0.2, 0.25) is 0 Å². The number of tetrazole rings is 1. The van der Waals surface area contributed by atoms with Gasteiger partial charge in [-0.1, -0.05) is 11.2 Å². The Balaban J connectivity index is 1.87. The third-order valence-electron chi connectivity index (χ3n) is 2.66. The number of fused-ring (bicyclic) bond motifs is 1. The topological polar surface area (TPSA) is 94.0 Å². The molecule has 0 saturated heterocycles. The van der Waals surface area contributed by atoms with Crippen molar-refractivity contribution in [2.75, 3.05) is 23.8 Å². The van der Waals surface area contributed by atoms with Crippen LogP contribution in [0.4, 0.5) is 11.6 Å². The molecule has 0 aliphatic carbocycles. The summed E-state index contributed by atoms with van der Waals surface area (Å²) < 4.78 is 5.53. The number of hydrogen-bond acceptors (Lipinski definition) is 6. The normalized spacial score (nSPS) is 13.1. The molecule has 1 amide bonds. The number of carbonyl (C=O) groups is 1. The van der Waals surface area contributed by atoms with Crippen LogP contribution in [0.1, 0.15) is 10.4 Å². The van der Waals surface area contributed by atoms with Crippen molar-refractivity contribution in [3.05, 3.63) is 23.8 Å². The molecule has 1 aliphatic heterocycles. The van der Waals surface area contributed by atoms with Crippen molar-refractivity contribution >= 4 is 17.5 Å². The van der Waals surface area contributed by atoms with Gasteiger partial charge in [0, 0.05) is 6.54 Å². The molecule has 8 heteroatoms. The van der Waals surface area contributed by atoms with Gasteiger partial charge in [-0.2, -0.15) is 4.80 Å². The predicted molar refractivity (Wildman–Crippen MR) is 67.2 cm³/mol. The molecule has 0 unspecified atom stereocenters. The molecule has 0 radical (unpaired) electrons. The Morgan fingerprint density at radius 2 is 2.42 bits per heavy atom. The van der Waals surface area contributed by atoms with E-state index in [4.69, 9.17) is 4.74 Å². The highest BCUT2D eigenvalue weighted by Crippen LogP contribution is 2.31. The maximum Gasteiger partial charge on any atom is 0.270 e. The number of anilines is 2. The first-order chi connectivity index (χ1) is 9.24. The molecule has 98 valence electrons. The zero-order valence-electron chi connectivity index (χ0n) is 10.3. The zero-order chi connectivity index (χ0) is 13.2. The minimum Gasteiger partial charge on any atom is -0.489 e. The maximum atomic E-state index is 12.2. The summed E-state index contributed by atoms with van der Waals surface area (Å²) in [6, 6.07) is 5.35. The Labute approximate surface area is 108 Å². The summed E-state index contributed by atoms with van der Waals surface area (Å²) in [5.41, 5.74) is 1.25. The second-order valence-corrected chi connectivity index (χ2v) is 4.01. The number of aryl methyl sites for hydroxylation is 1. The van der Waals surface area contributed by atoms with Crippen LogP contribution < -0.4 is 15.4 Å². The molecule has 8 nitrogen and oxygen atoms in total. The molecule has 1 aromatic heterocycles. The molecule has 2 aromatic rings. The lowest BCUT2D eigenvalue weighted by atomic mass is 10.1. The summed E-state index contributed by atoms with van der Waals surface area (Å²) in [4.78, 5) is 13.4. The minimum atomic E-state index is -0.325. The summed E-state index contributed by atoms with van der Waals surface area (Å²) in [7, 11) is 1.63. The Bertz CT molecular complexity index is 623. The lowest BCUT2D eigenvalue weighted by Gasteiger charge is -2.21. The summed E-state index contributed by atoms with van der Waals surface area (Å²) in [6.45, 7) is 1.25. The molecule has 0 saturated carbocycles. The first-order valence-electron chi connectivity index (χ1n) is 5.79. The van der Waals surface area contributed by atoms with Gasteiger partial charge in [0.2, 0.25) is 0 Å². The van der Waals surface area contributed by atoms with E-state index in [2.05, 4.69) is 26.0 Å². The molecule has 3 rings (SSSR count). The molecule has 1 aliphatic rings. The van der Waals surface area contributed by atoms with Gasteiger partial charge in [0.15, 0.2) is 5.75 Å². The van der Waals surface area contributed by atoms with Crippen molar-refractivity contribution in [3.63, 3.8) is 0 Å². The number of carbonyl (C=O) groups excluding carboxylic acids is 1. The molecule has 0 fully saturated rings. The molecule has 2 heterocycles. The molecule has 0 atom stereocenters. The fourth-order valence-corrected chi connectivity index (χ4v) is 1.85. The number of benzene rings is 1. The van der Waals surface area contributed by atoms with Crippen molar-refractivity contribution in [2.45, 2.75) is 0 Å². The van der Waals surface area contributed by atoms with E-state index >= 15 is 0 Å². The summed E-state index contributed by atoms with van der Waals surface area (Å²) >= 11 is 0. The lowest BCUT2D eigenvalue weighted by molar-refractivity contribution is 0.102. The third-order valence-corrected chi connectivity index (χ3v) is 2.66. The van der Waals surface area contributed by atoms with E-state index in [1.54, 1.807) is 19.2 Å². The number of nitrogens with one attached hydrogen (secondary N) is 2. The van der Waals surface area contributed by atoms with E-state index in [0.717, 1.165) is 12.2 Å². The maximum absolute atomic E-state index is 12.2. The summed E-state index contributed by atoms with van der Waals surface area (Å²) in [6.07, 6.45) is 0.